The molecule has 2 aliphatic rings. The van der Waals surface area contributed by atoms with Crippen LogP contribution >= 0.6 is 15.9 Å². The van der Waals surface area contributed by atoms with Gasteiger partial charge < -0.3 is 5.11 Å². The first-order valence-corrected chi connectivity index (χ1v) is 8.54. The molecule has 1 aromatic rings. The molecule has 0 amide bonds. The van der Waals surface area contributed by atoms with Crippen LogP contribution in [0, 0.1) is 12.3 Å². The molecule has 0 radical (unpaired) electrons. The van der Waals surface area contributed by atoms with Gasteiger partial charge in [-0.2, -0.15) is 0 Å². The smallest absolute Gasteiger partial charge is 0.170 e. The van der Waals surface area contributed by atoms with E-state index in [9.17, 15) is 9.90 Å². The maximum Gasteiger partial charge on any atom is 0.170 e. The molecular weight excluding hydrogens is 328 g/mol. The van der Waals surface area contributed by atoms with Gasteiger partial charge in [-0.1, -0.05) is 19.8 Å². The molecule has 0 saturated heterocycles. The van der Waals surface area contributed by atoms with E-state index < -0.39 is 0 Å². The van der Waals surface area contributed by atoms with Crippen LogP contribution in [0.25, 0.3) is 5.57 Å². The van der Waals surface area contributed by atoms with E-state index in [1.54, 1.807) is 0 Å². The predicted octanol–water partition coefficient (Wildman–Crippen LogP) is 4.90. The number of carbonyl (C=O) groups is 1. The normalized spacial score (nSPS) is 24.2. The molecule has 0 saturated carbocycles. The predicted molar refractivity (Wildman–Crippen MR) is 88.6 cm³/mol. The van der Waals surface area contributed by atoms with E-state index in [0.29, 0.717) is 12.2 Å². The second kappa shape index (κ2) is 5.28. The van der Waals surface area contributed by atoms with Crippen molar-refractivity contribution < 1.29 is 9.90 Å². The van der Waals surface area contributed by atoms with Gasteiger partial charge in [-0.05, 0) is 76.5 Å². The highest BCUT2D eigenvalue weighted by Gasteiger charge is 2.46. The molecule has 2 nitrogen and oxygen atoms in total. The number of aromatic hydroxyl groups is 1. The van der Waals surface area contributed by atoms with Gasteiger partial charge in [0.05, 0.1) is 4.48 Å². The van der Waals surface area contributed by atoms with Crippen LogP contribution in [0.15, 0.2) is 16.6 Å². The second-order valence-corrected chi connectivity index (χ2v) is 7.26. The molecule has 112 valence electrons. The number of phenolic OH excluding ortho intramolecular Hbond substituents is 1. The van der Waals surface area contributed by atoms with E-state index in [4.69, 9.17) is 0 Å². The number of aryl methyl sites for hydroxylation is 1. The molecular formula is C18H21BrO2. The summed E-state index contributed by atoms with van der Waals surface area (Å²) in [5, 5.41) is 10.0. The fourth-order valence-electron chi connectivity index (χ4n) is 3.88. The minimum Gasteiger partial charge on any atom is -0.508 e. The number of rotatable bonds is 3. The number of halogens is 1. The standard InChI is InChI=1S/C18H21BrO2/c1-3-4-6-18-7-5-14(20)17(19)16(18)13-8-11(2)15(21)9-12(13)10-18/h8-9,21H,3-7,10H2,1-2H3. The number of allylic oxidation sites excluding steroid dienone is 2. The molecule has 1 N–H and O–H groups in total. The lowest BCUT2D eigenvalue weighted by atomic mass is 9.69. The Labute approximate surface area is 134 Å². The van der Waals surface area contributed by atoms with Crippen molar-refractivity contribution in [3.63, 3.8) is 0 Å². The van der Waals surface area contributed by atoms with Crippen LogP contribution in [0.1, 0.15) is 55.7 Å². The van der Waals surface area contributed by atoms with Crippen molar-refractivity contribution in [1.82, 2.24) is 0 Å². The molecule has 1 aromatic carbocycles. The quantitative estimate of drug-likeness (QED) is 0.843. The number of hydrogen-bond acceptors (Lipinski definition) is 2. The lowest BCUT2D eigenvalue weighted by Gasteiger charge is -2.35. The Kier molecular flexibility index (Phi) is 3.73. The van der Waals surface area contributed by atoms with E-state index in [1.165, 1.54) is 29.5 Å². The average Bonchev–Trinajstić information content (AvgIpc) is 2.76. The first-order valence-electron chi connectivity index (χ1n) is 7.75. The first kappa shape index (κ1) is 14.8. The molecule has 0 fully saturated rings. The first-order chi connectivity index (χ1) is 9.98. The highest BCUT2D eigenvalue weighted by atomic mass is 79.9. The van der Waals surface area contributed by atoms with Crippen LogP contribution in [0.2, 0.25) is 0 Å². The second-order valence-electron chi connectivity index (χ2n) is 6.47. The zero-order valence-electron chi connectivity index (χ0n) is 12.6. The van der Waals surface area contributed by atoms with Crippen molar-refractivity contribution in [1.29, 1.82) is 0 Å². The maximum atomic E-state index is 12.2. The van der Waals surface area contributed by atoms with Crippen molar-refractivity contribution in [2.75, 3.05) is 0 Å². The van der Waals surface area contributed by atoms with Crippen LogP contribution in [-0.2, 0) is 11.2 Å². The third kappa shape index (κ3) is 2.26. The highest BCUT2D eigenvalue weighted by Crippen LogP contribution is 2.57. The summed E-state index contributed by atoms with van der Waals surface area (Å²) in [5.74, 6) is 0.580. The molecule has 21 heavy (non-hydrogen) atoms. The molecule has 3 heteroatoms. The van der Waals surface area contributed by atoms with Crippen molar-refractivity contribution in [2.45, 2.75) is 52.4 Å². The van der Waals surface area contributed by atoms with Gasteiger partial charge in [-0.3, -0.25) is 4.79 Å². The average molecular weight is 349 g/mol. The monoisotopic (exact) mass is 348 g/mol. The zero-order valence-corrected chi connectivity index (χ0v) is 14.2. The zero-order chi connectivity index (χ0) is 15.2. The van der Waals surface area contributed by atoms with Crippen molar-refractivity contribution >= 4 is 27.3 Å². The van der Waals surface area contributed by atoms with E-state index in [-0.39, 0.29) is 11.2 Å². The van der Waals surface area contributed by atoms with Gasteiger partial charge in [-0.25, -0.2) is 0 Å². The topological polar surface area (TPSA) is 37.3 Å². The van der Waals surface area contributed by atoms with Crippen LogP contribution in [0.5, 0.6) is 5.75 Å². The van der Waals surface area contributed by atoms with Crippen molar-refractivity contribution in [3.05, 3.63) is 33.3 Å². The van der Waals surface area contributed by atoms with Gasteiger partial charge in [0.25, 0.3) is 0 Å². The van der Waals surface area contributed by atoms with Crippen LogP contribution in [0.3, 0.4) is 0 Å². The summed E-state index contributed by atoms with van der Waals surface area (Å²) in [6.45, 7) is 4.13. The van der Waals surface area contributed by atoms with E-state index in [0.717, 1.165) is 29.3 Å². The third-order valence-electron chi connectivity index (χ3n) is 5.05. The van der Waals surface area contributed by atoms with Gasteiger partial charge in [0.15, 0.2) is 5.78 Å². The lowest BCUT2D eigenvalue weighted by molar-refractivity contribution is -0.115. The molecule has 0 aromatic heterocycles. The van der Waals surface area contributed by atoms with Gasteiger partial charge in [0, 0.05) is 11.8 Å². The summed E-state index contributed by atoms with van der Waals surface area (Å²) in [4.78, 5) is 12.2. The summed E-state index contributed by atoms with van der Waals surface area (Å²) in [6, 6.07) is 3.95. The molecule has 1 atom stereocenters. The Balaban J connectivity index is 2.18. The fourth-order valence-corrected chi connectivity index (χ4v) is 4.71. The fraction of sp³-hybridized carbons (Fsp3) is 0.500. The van der Waals surface area contributed by atoms with Crippen LogP contribution < -0.4 is 0 Å². The maximum absolute atomic E-state index is 12.2. The van der Waals surface area contributed by atoms with Gasteiger partial charge >= 0.3 is 0 Å². The Morgan fingerprint density at radius 3 is 2.86 bits per heavy atom. The Hall–Kier alpha value is -1.09. The Bertz CT molecular complexity index is 645. The third-order valence-corrected chi connectivity index (χ3v) is 5.89. The van der Waals surface area contributed by atoms with E-state index in [2.05, 4.69) is 22.9 Å². The number of hydrogen-bond donors (Lipinski definition) is 1. The molecule has 2 aliphatic carbocycles. The van der Waals surface area contributed by atoms with Crippen LogP contribution in [0.4, 0.5) is 0 Å². The molecule has 1 unspecified atom stereocenters. The number of unbranched alkanes of at least 4 members (excludes halogenated alkanes) is 1. The van der Waals surface area contributed by atoms with Crippen molar-refractivity contribution in [3.8, 4) is 5.75 Å². The molecule has 0 spiro atoms. The summed E-state index contributed by atoms with van der Waals surface area (Å²) < 4.78 is 0.772. The van der Waals surface area contributed by atoms with Gasteiger partial charge in [0.2, 0.25) is 0 Å². The molecule has 0 aliphatic heterocycles. The summed E-state index contributed by atoms with van der Waals surface area (Å²) in [5.41, 5.74) is 4.53. The van der Waals surface area contributed by atoms with Crippen LogP contribution in [-0.4, -0.2) is 10.9 Å². The number of ketones is 1. The number of fused-ring (bicyclic) bond motifs is 3. The molecule has 0 heterocycles. The SMILES string of the molecule is CCCCC12CCC(=O)C(Br)=C1c1cc(C)c(O)cc1C2. The van der Waals surface area contributed by atoms with Crippen molar-refractivity contribution in [2.24, 2.45) is 5.41 Å². The van der Waals surface area contributed by atoms with Gasteiger partial charge in [-0.15, -0.1) is 0 Å². The number of phenols is 1. The Morgan fingerprint density at radius 1 is 1.38 bits per heavy atom. The Morgan fingerprint density at radius 2 is 2.14 bits per heavy atom. The van der Waals surface area contributed by atoms with E-state index in [1.807, 2.05) is 19.1 Å². The molecule has 0 bridgehead atoms. The number of Topliss-reactive ketones (excluding diaryl/α,β-unsaturated/α-hetero) is 1. The minimum atomic E-state index is 0.0886. The minimum absolute atomic E-state index is 0.0886. The lowest BCUT2D eigenvalue weighted by Crippen LogP contribution is -2.27. The summed E-state index contributed by atoms with van der Waals surface area (Å²) >= 11 is 3.57. The molecule has 3 rings (SSSR count). The summed E-state index contributed by atoms with van der Waals surface area (Å²) in [6.07, 6.45) is 5.99. The van der Waals surface area contributed by atoms with E-state index >= 15 is 0 Å². The van der Waals surface area contributed by atoms with Gasteiger partial charge in [0.1, 0.15) is 5.75 Å². The number of carbonyl (C=O) groups excluding carboxylic acids is 1. The largest absolute Gasteiger partial charge is 0.508 e. The highest BCUT2D eigenvalue weighted by molar-refractivity contribution is 9.12. The summed E-state index contributed by atoms with van der Waals surface area (Å²) in [7, 11) is 0. The number of benzene rings is 1.